The Morgan fingerprint density at radius 3 is 2.71 bits per heavy atom. The highest BCUT2D eigenvalue weighted by Gasteiger charge is 1.99. The lowest BCUT2D eigenvalue weighted by Crippen LogP contribution is -1.84. The Morgan fingerprint density at radius 1 is 1.18 bits per heavy atom. The van der Waals surface area contributed by atoms with Gasteiger partial charge in [0.1, 0.15) is 0 Å². The SMILES string of the molecule is COc1cc(C=Cc2c[c]ccc2)ccc1O. The van der Waals surface area contributed by atoms with Gasteiger partial charge >= 0.3 is 0 Å². The highest BCUT2D eigenvalue weighted by Crippen LogP contribution is 2.26. The summed E-state index contributed by atoms with van der Waals surface area (Å²) in [6.45, 7) is 0. The summed E-state index contributed by atoms with van der Waals surface area (Å²) in [5.41, 5.74) is 2.06. The summed E-state index contributed by atoms with van der Waals surface area (Å²) in [6, 6.07) is 16.0. The molecule has 0 aliphatic heterocycles. The first kappa shape index (κ1) is 11.3. The van der Waals surface area contributed by atoms with E-state index in [-0.39, 0.29) is 5.75 Å². The first-order chi connectivity index (χ1) is 8.29. The summed E-state index contributed by atoms with van der Waals surface area (Å²) < 4.78 is 5.05. The van der Waals surface area contributed by atoms with Gasteiger partial charge < -0.3 is 9.84 Å². The fourth-order valence-corrected chi connectivity index (χ4v) is 1.50. The molecule has 2 nitrogen and oxygen atoms in total. The van der Waals surface area contributed by atoms with Crippen LogP contribution in [-0.2, 0) is 0 Å². The fourth-order valence-electron chi connectivity index (χ4n) is 1.50. The molecule has 2 heteroatoms. The van der Waals surface area contributed by atoms with Crippen LogP contribution in [-0.4, -0.2) is 12.2 Å². The van der Waals surface area contributed by atoms with Crippen molar-refractivity contribution in [1.29, 1.82) is 0 Å². The topological polar surface area (TPSA) is 29.5 Å². The highest BCUT2D eigenvalue weighted by molar-refractivity contribution is 5.70. The zero-order valence-corrected chi connectivity index (χ0v) is 9.55. The quantitative estimate of drug-likeness (QED) is 0.811. The molecule has 0 saturated carbocycles. The predicted molar refractivity (Wildman–Crippen MR) is 68.9 cm³/mol. The van der Waals surface area contributed by atoms with E-state index in [2.05, 4.69) is 6.07 Å². The van der Waals surface area contributed by atoms with Crippen LogP contribution in [0.2, 0.25) is 0 Å². The lowest BCUT2D eigenvalue weighted by Gasteiger charge is -2.03. The maximum atomic E-state index is 9.47. The Kier molecular flexibility index (Phi) is 3.46. The van der Waals surface area contributed by atoms with E-state index in [1.807, 2.05) is 42.5 Å². The summed E-state index contributed by atoms with van der Waals surface area (Å²) in [4.78, 5) is 0. The van der Waals surface area contributed by atoms with E-state index in [9.17, 15) is 5.11 Å². The van der Waals surface area contributed by atoms with Gasteiger partial charge in [0.05, 0.1) is 7.11 Å². The molecule has 0 heterocycles. The molecule has 0 fully saturated rings. The number of aromatic hydroxyl groups is 1. The number of rotatable bonds is 3. The maximum absolute atomic E-state index is 9.47. The van der Waals surface area contributed by atoms with E-state index < -0.39 is 0 Å². The summed E-state index contributed by atoms with van der Waals surface area (Å²) in [5.74, 6) is 0.629. The van der Waals surface area contributed by atoms with Crippen LogP contribution in [0.15, 0.2) is 42.5 Å². The minimum absolute atomic E-state index is 0.151. The molecule has 0 atom stereocenters. The molecule has 2 aromatic rings. The van der Waals surface area contributed by atoms with Crippen molar-refractivity contribution in [2.75, 3.05) is 7.11 Å². The third-order valence-corrected chi connectivity index (χ3v) is 2.40. The number of ether oxygens (including phenoxy) is 1. The molecule has 1 radical (unpaired) electrons. The summed E-state index contributed by atoms with van der Waals surface area (Å²) in [5, 5.41) is 9.47. The minimum atomic E-state index is 0.151. The molecule has 17 heavy (non-hydrogen) atoms. The van der Waals surface area contributed by atoms with Crippen LogP contribution in [0.5, 0.6) is 11.5 Å². The number of hydrogen-bond acceptors (Lipinski definition) is 2. The highest BCUT2D eigenvalue weighted by atomic mass is 16.5. The van der Waals surface area contributed by atoms with Crippen LogP contribution in [0.3, 0.4) is 0 Å². The van der Waals surface area contributed by atoms with E-state index >= 15 is 0 Å². The average molecular weight is 225 g/mol. The van der Waals surface area contributed by atoms with Crippen LogP contribution in [0.1, 0.15) is 11.1 Å². The molecule has 85 valence electrons. The second-order valence-electron chi connectivity index (χ2n) is 3.60. The Hall–Kier alpha value is -2.22. The standard InChI is InChI=1S/C15H13O2/c1-17-15-11-13(9-10-14(15)16)8-7-12-5-3-2-4-6-12/h2-3,5-11,16H,1H3. The number of phenols is 1. The van der Waals surface area contributed by atoms with E-state index in [1.165, 1.54) is 7.11 Å². The van der Waals surface area contributed by atoms with Crippen LogP contribution in [0.25, 0.3) is 12.2 Å². The molecule has 0 bridgehead atoms. The number of phenolic OH excluding ortho intramolecular Hbond substituents is 1. The zero-order valence-electron chi connectivity index (χ0n) is 9.55. The van der Waals surface area contributed by atoms with Crippen molar-refractivity contribution in [3.8, 4) is 11.5 Å². The van der Waals surface area contributed by atoms with Crippen molar-refractivity contribution in [1.82, 2.24) is 0 Å². The largest absolute Gasteiger partial charge is 0.504 e. The van der Waals surface area contributed by atoms with Gasteiger partial charge in [0.2, 0.25) is 0 Å². The van der Waals surface area contributed by atoms with Crippen LogP contribution >= 0.6 is 0 Å². The second kappa shape index (κ2) is 5.21. The average Bonchev–Trinajstić information content (AvgIpc) is 2.39. The third kappa shape index (κ3) is 2.88. The van der Waals surface area contributed by atoms with Crippen molar-refractivity contribution in [2.45, 2.75) is 0 Å². The van der Waals surface area contributed by atoms with Gasteiger partial charge in [-0.15, -0.1) is 0 Å². The summed E-state index contributed by atoms with van der Waals surface area (Å²) in [7, 11) is 1.54. The molecular weight excluding hydrogens is 212 g/mol. The van der Waals surface area contributed by atoms with Gasteiger partial charge in [0.25, 0.3) is 0 Å². The smallest absolute Gasteiger partial charge is 0.161 e. The van der Waals surface area contributed by atoms with E-state index in [4.69, 9.17) is 4.74 Å². The van der Waals surface area contributed by atoms with Crippen LogP contribution in [0.4, 0.5) is 0 Å². The zero-order chi connectivity index (χ0) is 12.1. The van der Waals surface area contributed by atoms with Crippen LogP contribution < -0.4 is 4.74 Å². The van der Waals surface area contributed by atoms with Gasteiger partial charge in [-0.25, -0.2) is 0 Å². The molecule has 0 aromatic heterocycles. The van der Waals surface area contributed by atoms with Gasteiger partial charge in [-0.2, -0.15) is 0 Å². The predicted octanol–water partition coefficient (Wildman–Crippen LogP) is 3.37. The van der Waals surface area contributed by atoms with E-state index in [0.29, 0.717) is 5.75 Å². The lowest BCUT2D eigenvalue weighted by molar-refractivity contribution is 0.373. The van der Waals surface area contributed by atoms with Gasteiger partial charge in [-0.1, -0.05) is 36.4 Å². The van der Waals surface area contributed by atoms with Crippen molar-refractivity contribution < 1.29 is 9.84 Å². The Morgan fingerprint density at radius 2 is 2.00 bits per heavy atom. The molecule has 0 unspecified atom stereocenters. The van der Waals surface area contributed by atoms with Gasteiger partial charge in [-0.05, 0) is 35.4 Å². The first-order valence-electron chi connectivity index (χ1n) is 5.31. The maximum Gasteiger partial charge on any atom is 0.161 e. The normalized spacial score (nSPS) is 10.6. The number of hydrogen-bond donors (Lipinski definition) is 1. The van der Waals surface area contributed by atoms with Crippen molar-refractivity contribution in [3.05, 3.63) is 59.7 Å². The summed E-state index contributed by atoms with van der Waals surface area (Å²) >= 11 is 0. The molecule has 2 rings (SSSR count). The molecule has 0 spiro atoms. The van der Waals surface area contributed by atoms with Crippen molar-refractivity contribution in [3.63, 3.8) is 0 Å². The van der Waals surface area contributed by atoms with Crippen molar-refractivity contribution in [2.24, 2.45) is 0 Å². The fraction of sp³-hybridized carbons (Fsp3) is 0.0667. The Bertz CT molecular complexity index is 516. The molecule has 0 aliphatic rings. The minimum Gasteiger partial charge on any atom is -0.504 e. The monoisotopic (exact) mass is 225 g/mol. The molecule has 2 aromatic carbocycles. The second-order valence-corrected chi connectivity index (χ2v) is 3.60. The molecular formula is C15H13O2. The first-order valence-corrected chi connectivity index (χ1v) is 5.31. The van der Waals surface area contributed by atoms with Gasteiger partial charge in [0, 0.05) is 0 Å². The Labute approximate surface area is 101 Å². The van der Waals surface area contributed by atoms with Gasteiger partial charge in [-0.3, -0.25) is 0 Å². The third-order valence-electron chi connectivity index (χ3n) is 2.40. The molecule has 0 aliphatic carbocycles. The number of methoxy groups -OCH3 is 1. The number of benzene rings is 2. The van der Waals surface area contributed by atoms with E-state index in [0.717, 1.165) is 11.1 Å². The lowest BCUT2D eigenvalue weighted by atomic mass is 10.1. The van der Waals surface area contributed by atoms with Gasteiger partial charge in [0.15, 0.2) is 11.5 Å². The molecule has 1 N–H and O–H groups in total. The molecule has 0 amide bonds. The van der Waals surface area contributed by atoms with Crippen LogP contribution in [0, 0.1) is 6.07 Å². The van der Waals surface area contributed by atoms with E-state index in [1.54, 1.807) is 12.1 Å². The van der Waals surface area contributed by atoms with Crippen molar-refractivity contribution >= 4 is 12.2 Å². The summed E-state index contributed by atoms with van der Waals surface area (Å²) in [6.07, 6.45) is 3.95. The molecule has 0 saturated heterocycles. The Balaban J connectivity index is 2.22.